The molecule has 1 saturated heterocycles. The van der Waals surface area contributed by atoms with Crippen LogP contribution in [0.1, 0.15) is 25.7 Å². The van der Waals surface area contributed by atoms with Gasteiger partial charge < -0.3 is 15.5 Å². The highest BCUT2D eigenvalue weighted by atomic mass is 15.2. The molecule has 0 spiro atoms. The molecule has 1 aliphatic heterocycles. The van der Waals surface area contributed by atoms with Crippen molar-refractivity contribution in [3.63, 3.8) is 0 Å². The van der Waals surface area contributed by atoms with Gasteiger partial charge in [-0.25, -0.2) is 9.97 Å². The maximum atomic E-state index is 4.87. The van der Waals surface area contributed by atoms with Crippen molar-refractivity contribution in [2.45, 2.75) is 37.8 Å². The van der Waals surface area contributed by atoms with E-state index in [4.69, 9.17) is 9.97 Å². The van der Waals surface area contributed by atoms with Gasteiger partial charge in [0.2, 0.25) is 0 Å². The molecule has 1 aromatic heterocycles. The molecule has 5 heteroatoms. The minimum Gasteiger partial charge on any atom is -0.364 e. The van der Waals surface area contributed by atoms with Gasteiger partial charge in [-0.15, -0.1) is 0 Å². The fourth-order valence-electron chi connectivity index (χ4n) is 3.10. The van der Waals surface area contributed by atoms with Crippen LogP contribution in [0.5, 0.6) is 0 Å². The molecule has 1 saturated carbocycles. The van der Waals surface area contributed by atoms with E-state index in [1.54, 1.807) is 0 Å². The Balaban J connectivity index is 1.65. The van der Waals surface area contributed by atoms with Crippen LogP contribution in [-0.4, -0.2) is 42.2 Å². The molecule has 2 fully saturated rings. The van der Waals surface area contributed by atoms with Crippen molar-refractivity contribution in [1.82, 2.24) is 15.3 Å². The summed E-state index contributed by atoms with van der Waals surface area (Å²) in [6.45, 7) is 2.11. The highest BCUT2D eigenvalue weighted by Crippen LogP contribution is 2.30. The number of nitrogens with one attached hydrogen (secondary N) is 2. The smallest absolute Gasteiger partial charge is 0.172 e. The number of rotatable bonds is 5. The Morgan fingerprint density at radius 2 is 1.95 bits per heavy atom. The zero-order valence-electron chi connectivity index (χ0n) is 13.0. The van der Waals surface area contributed by atoms with E-state index >= 15 is 0 Å². The lowest BCUT2D eigenvalue weighted by Gasteiger charge is -2.24. The molecule has 2 aliphatic rings. The first-order valence-electron chi connectivity index (χ1n) is 8.27. The summed E-state index contributed by atoms with van der Waals surface area (Å²) in [6, 6.07) is 9.24. The Bertz CT molecular complexity index is 661. The lowest BCUT2D eigenvalue weighted by Crippen LogP contribution is -2.36. The summed E-state index contributed by atoms with van der Waals surface area (Å²) in [5.74, 6) is 1.90. The Morgan fingerprint density at radius 3 is 2.64 bits per heavy atom. The Morgan fingerprint density at radius 1 is 1.18 bits per heavy atom. The van der Waals surface area contributed by atoms with Crippen LogP contribution >= 0.6 is 0 Å². The van der Waals surface area contributed by atoms with E-state index in [2.05, 4.69) is 22.6 Å². The van der Waals surface area contributed by atoms with E-state index in [1.165, 1.54) is 25.7 Å². The van der Waals surface area contributed by atoms with E-state index in [-0.39, 0.29) is 0 Å². The van der Waals surface area contributed by atoms with Gasteiger partial charge in [0.05, 0.1) is 11.0 Å². The topological polar surface area (TPSA) is 53.1 Å². The first kappa shape index (κ1) is 13.8. The molecule has 2 aromatic rings. The van der Waals surface area contributed by atoms with Crippen LogP contribution in [0, 0.1) is 0 Å². The fourth-order valence-corrected chi connectivity index (χ4v) is 3.10. The van der Waals surface area contributed by atoms with Crippen molar-refractivity contribution in [3.8, 4) is 0 Å². The van der Waals surface area contributed by atoms with Crippen molar-refractivity contribution in [3.05, 3.63) is 24.3 Å². The standard InChI is InChI=1S/C17H23N5/c1-22(11-13-5-4-10-18-13)17-16(19-12-8-9-12)20-14-6-2-3-7-15(14)21-17/h2-3,6-7,12-13,18H,4-5,8-11H2,1H3,(H,19,20)/t13-/m0/s1. The third kappa shape index (κ3) is 2.86. The van der Waals surface area contributed by atoms with Crippen LogP contribution in [0.2, 0.25) is 0 Å². The lowest BCUT2D eigenvalue weighted by atomic mass is 10.2. The predicted octanol–water partition coefficient (Wildman–Crippen LogP) is 2.39. The van der Waals surface area contributed by atoms with Crippen LogP contribution < -0.4 is 15.5 Å². The Kier molecular flexibility index (Phi) is 3.58. The van der Waals surface area contributed by atoms with E-state index < -0.39 is 0 Å². The highest BCUT2D eigenvalue weighted by molar-refractivity contribution is 5.80. The maximum Gasteiger partial charge on any atom is 0.172 e. The third-order valence-electron chi connectivity index (χ3n) is 4.49. The molecule has 0 bridgehead atoms. The Labute approximate surface area is 131 Å². The van der Waals surface area contributed by atoms with Gasteiger partial charge >= 0.3 is 0 Å². The monoisotopic (exact) mass is 297 g/mol. The molecule has 2 heterocycles. The lowest BCUT2D eigenvalue weighted by molar-refractivity contribution is 0.597. The van der Waals surface area contributed by atoms with Gasteiger partial charge in [0.25, 0.3) is 0 Å². The summed E-state index contributed by atoms with van der Waals surface area (Å²) in [6.07, 6.45) is 5.00. The average Bonchev–Trinajstić information content (AvgIpc) is 3.20. The molecule has 1 aromatic carbocycles. The number of hydrogen-bond donors (Lipinski definition) is 2. The normalized spacial score (nSPS) is 21.2. The van der Waals surface area contributed by atoms with E-state index in [1.807, 2.05) is 24.3 Å². The molecular formula is C17H23N5. The van der Waals surface area contributed by atoms with Gasteiger partial charge in [0.15, 0.2) is 11.6 Å². The van der Waals surface area contributed by atoms with Gasteiger partial charge in [-0.3, -0.25) is 0 Å². The molecule has 1 atom stereocenters. The first-order valence-corrected chi connectivity index (χ1v) is 8.27. The second kappa shape index (κ2) is 5.72. The number of hydrogen-bond acceptors (Lipinski definition) is 5. The molecule has 4 rings (SSSR count). The van der Waals surface area contributed by atoms with Crippen molar-refractivity contribution in [2.24, 2.45) is 0 Å². The second-order valence-corrected chi connectivity index (χ2v) is 6.48. The number of likely N-dealkylation sites (N-methyl/N-ethyl adjacent to an activating group) is 1. The molecule has 0 radical (unpaired) electrons. The number of benzene rings is 1. The highest BCUT2D eigenvalue weighted by Gasteiger charge is 2.25. The quantitative estimate of drug-likeness (QED) is 0.887. The van der Waals surface area contributed by atoms with Gasteiger partial charge in [-0.1, -0.05) is 12.1 Å². The number of fused-ring (bicyclic) bond motifs is 1. The van der Waals surface area contributed by atoms with Gasteiger partial charge in [0, 0.05) is 25.7 Å². The van der Waals surface area contributed by atoms with Gasteiger partial charge in [-0.05, 0) is 44.4 Å². The fraction of sp³-hybridized carbons (Fsp3) is 0.529. The molecule has 116 valence electrons. The number of anilines is 2. The van der Waals surface area contributed by atoms with Crippen LogP contribution in [0.4, 0.5) is 11.6 Å². The van der Waals surface area contributed by atoms with Gasteiger partial charge in [0.1, 0.15) is 0 Å². The van der Waals surface area contributed by atoms with E-state index in [0.29, 0.717) is 12.1 Å². The van der Waals surface area contributed by atoms with Crippen molar-refractivity contribution >= 4 is 22.7 Å². The average molecular weight is 297 g/mol. The molecular weight excluding hydrogens is 274 g/mol. The minimum absolute atomic E-state index is 0.562. The van der Waals surface area contributed by atoms with Crippen molar-refractivity contribution < 1.29 is 0 Å². The summed E-state index contributed by atoms with van der Waals surface area (Å²) in [4.78, 5) is 11.9. The van der Waals surface area contributed by atoms with Crippen LogP contribution in [0.3, 0.4) is 0 Å². The van der Waals surface area contributed by atoms with Crippen LogP contribution in [0.15, 0.2) is 24.3 Å². The van der Waals surface area contributed by atoms with Crippen molar-refractivity contribution in [1.29, 1.82) is 0 Å². The molecule has 0 unspecified atom stereocenters. The van der Waals surface area contributed by atoms with Gasteiger partial charge in [-0.2, -0.15) is 0 Å². The largest absolute Gasteiger partial charge is 0.364 e. The second-order valence-electron chi connectivity index (χ2n) is 6.48. The molecule has 1 aliphatic carbocycles. The molecule has 5 nitrogen and oxygen atoms in total. The third-order valence-corrected chi connectivity index (χ3v) is 4.49. The predicted molar refractivity (Wildman–Crippen MR) is 90.5 cm³/mol. The summed E-state index contributed by atoms with van der Waals surface area (Å²) in [5, 5.41) is 7.10. The first-order chi connectivity index (χ1) is 10.8. The minimum atomic E-state index is 0.562. The SMILES string of the molecule is CN(C[C@@H]1CCCN1)c1nc2ccccc2nc1NC1CC1. The number of nitrogens with zero attached hydrogens (tertiary/aromatic N) is 3. The van der Waals surface area contributed by atoms with Crippen LogP contribution in [-0.2, 0) is 0 Å². The van der Waals surface area contributed by atoms with E-state index in [0.717, 1.165) is 35.8 Å². The number of aromatic nitrogens is 2. The molecule has 2 N–H and O–H groups in total. The summed E-state index contributed by atoms with van der Waals surface area (Å²) < 4.78 is 0. The zero-order chi connectivity index (χ0) is 14.9. The molecule has 0 amide bonds. The number of para-hydroxylation sites is 2. The maximum absolute atomic E-state index is 4.87. The molecule has 22 heavy (non-hydrogen) atoms. The van der Waals surface area contributed by atoms with E-state index in [9.17, 15) is 0 Å². The van der Waals surface area contributed by atoms with Crippen molar-refractivity contribution in [2.75, 3.05) is 30.4 Å². The summed E-state index contributed by atoms with van der Waals surface area (Å²) in [5.41, 5.74) is 1.92. The Hall–Kier alpha value is -1.88. The summed E-state index contributed by atoms with van der Waals surface area (Å²) >= 11 is 0. The summed E-state index contributed by atoms with van der Waals surface area (Å²) in [7, 11) is 2.12. The van der Waals surface area contributed by atoms with Crippen LogP contribution in [0.25, 0.3) is 11.0 Å². The zero-order valence-corrected chi connectivity index (χ0v) is 13.0.